The number of hydrogen-bond donors (Lipinski definition) is 0. The second-order valence-corrected chi connectivity index (χ2v) is 3.35. The van der Waals surface area contributed by atoms with E-state index in [1.807, 2.05) is 30.3 Å². The number of allylic oxidation sites excluding steroid dienone is 1. The lowest BCUT2D eigenvalue weighted by Crippen LogP contribution is -1.93. The van der Waals surface area contributed by atoms with E-state index in [1.54, 1.807) is 36.7 Å². The summed E-state index contributed by atoms with van der Waals surface area (Å²) in [4.78, 5) is 15.6. The summed E-state index contributed by atoms with van der Waals surface area (Å²) >= 11 is 0. The van der Waals surface area contributed by atoms with Gasteiger partial charge in [0.25, 0.3) is 0 Å². The average molecular weight is 209 g/mol. The number of pyridine rings is 1. The van der Waals surface area contributed by atoms with E-state index in [-0.39, 0.29) is 5.78 Å². The minimum Gasteiger partial charge on any atom is -0.289 e. The summed E-state index contributed by atoms with van der Waals surface area (Å²) < 4.78 is 0. The van der Waals surface area contributed by atoms with Crippen molar-refractivity contribution in [1.82, 2.24) is 4.98 Å². The first-order valence-electron chi connectivity index (χ1n) is 5.04. The molecule has 0 unspecified atom stereocenters. The lowest BCUT2D eigenvalue weighted by Gasteiger charge is -1.94. The molecule has 0 spiro atoms. The van der Waals surface area contributed by atoms with Crippen LogP contribution in [-0.2, 0) is 0 Å². The van der Waals surface area contributed by atoms with E-state index in [0.717, 1.165) is 5.56 Å². The SMILES string of the molecule is O=C(C=Cc1ccccc1)c1cccnc1. The molecule has 16 heavy (non-hydrogen) atoms. The van der Waals surface area contributed by atoms with E-state index in [0.29, 0.717) is 5.56 Å². The van der Waals surface area contributed by atoms with Crippen LogP contribution in [0.4, 0.5) is 0 Å². The molecule has 1 aromatic carbocycles. The molecule has 0 aliphatic carbocycles. The van der Waals surface area contributed by atoms with Crippen LogP contribution in [0.1, 0.15) is 15.9 Å². The van der Waals surface area contributed by atoms with Crippen molar-refractivity contribution in [3.8, 4) is 0 Å². The lowest BCUT2D eigenvalue weighted by molar-refractivity contribution is 0.104. The number of rotatable bonds is 3. The fourth-order valence-corrected chi connectivity index (χ4v) is 1.34. The first-order valence-corrected chi connectivity index (χ1v) is 5.04. The Labute approximate surface area is 94.3 Å². The zero-order valence-corrected chi connectivity index (χ0v) is 8.71. The number of hydrogen-bond acceptors (Lipinski definition) is 2. The van der Waals surface area contributed by atoms with Gasteiger partial charge in [0.1, 0.15) is 0 Å². The van der Waals surface area contributed by atoms with Crippen LogP contribution in [0.15, 0.2) is 60.9 Å². The third kappa shape index (κ3) is 2.64. The second kappa shape index (κ2) is 5.03. The van der Waals surface area contributed by atoms with Crippen molar-refractivity contribution in [2.24, 2.45) is 0 Å². The third-order valence-corrected chi connectivity index (χ3v) is 2.17. The van der Waals surface area contributed by atoms with E-state index in [4.69, 9.17) is 0 Å². The summed E-state index contributed by atoms with van der Waals surface area (Å²) in [5, 5.41) is 0. The van der Waals surface area contributed by atoms with Gasteiger partial charge in [-0.05, 0) is 23.8 Å². The van der Waals surface area contributed by atoms with E-state index < -0.39 is 0 Å². The van der Waals surface area contributed by atoms with Gasteiger partial charge in [0.05, 0.1) is 0 Å². The zero-order valence-electron chi connectivity index (χ0n) is 8.71. The number of carbonyl (C=O) groups is 1. The topological polar surface area (TPSA) is 30.0 Å². The number of ketones is 1. The number of aromatic nitrogens is 1. The maximum atomic E-state index is 11.7. The van der Waals surface area contributed by atoms with Crippen LogP contribution in [0.2, 0.25) is 0 Å². The summed E-state index contributed by atoms with van der Waals surface area (Å²) in [6.07, 6.45) is 6.58. The van der Waals surface area contributed by atoms with Crippen molar-refractivity contribution in [2.75, 3.05) is 0 Å². The third-order valence-electron chi connectivity index (χ3n) is 2.17. The average Bonchev–Trinajstić information content (AvgIpc) is 2.38. The number of nitrogens with zero attached hydrogens (tertiary/aromatic N) is 1. The lowest BCUT2D eigenvalue weighted by atomic mass is 10.1. The van der Waals surface area contributed by atoms with Gasteiger partial charge in [-0.1, -0.05) is 36.4 Å². The van der Waals surface area contributed by atoms with Gasteiger partial charge in [0.15, 0.2) is 5.78 Å². The van der Waals surface area contributed by atoms with Gasteiger partial charge in [-0.15, -0.1) is 0 Å². The van der Waals surface area contributed by atoms with Crippen LogP contribution in [0.25, 0.3) is 6.08 Å². The van der Waals surface area contributed by atoms with E-state index >= 15 is 0 Å². The van der Waals surface area contributed by atoms with Crippen molar-refractivity contribution in [3.63, 3.8) is 0 Å². The summed E-state index contributed by atoms with van der Waals surface area (Å²) in [7, 11) is 0. The fraction of sp³-hybridized carbons (Fsp3) is 0. The molecular weight excluding hydrogens is 198 g/mol. The van der Waals surface area contributed by atoms with E-state index in [1.165, 1.54) is 0 Å². The Kier molecular flexibility index (Phi) is 3.24. The predicted molar refractivity (Wildman–Crippen MR) is 64.0 cm³/mol. The molecule has 0 aliphatic heterocycles. The molecule has 2 rings (SSSR count). The van der Waals surface area contributed by atoms with Gasteiger partial charge in [-0.3, -0.25) is 9.78 Å². The molecule has 0 N–H and O–H groups in total. The predicted octanol–water partition coefficient (Wildman–Crippen LogP) is 2.98. The monoisotopic (exact) mass is 209 g/mol. The first-order chi connectivity index (χ1) is 7.86. The van der Waals surface area contributed by atoms with Crippen LogP contribution in [0.3, 0.4) is 0 Å². The van der Waals surface area contributed by atoms with Gasteiger partial charge < -0.3 is 0 Å². The highest BCUT2D eigenvalue weighted by Crippen LogP contribution is 2.04. The molecule has 0 saturated heterocycles. The Bertz CT molecular complexity index is 489. The highest BCUT2D eigenvalue weighted by atomic mass is 16.1. The molecule has 1 aromatic heterocycles. The Morgan fingerprint density at radius 1 is 1.06 bits per heavy atom. The normalized spacial score (nSPS) is 10.5. The molecule has 0 atom stereocenters. The standard InChI is InChI=1S/C14H11NO/c16-14(13-7-4-10-15-11-13)9-8-12-5-2-1-3-6-12/h1-11H. The van der Waals surface area contributed by atoms with E-state index in [2.05, 4.69) is 4.98 Å². The Hall–Kier alpha value is -2.22. The van der Waals surface area contributed by atoms with Crippen LogP contribution in [0.5, 0.6) is 0 Å². The van der Waals surface area contributed by atoms with Gasteiger partial charge in [0, 0.05) is 18.0 Å². The quantitative estimate of drug-likeness (QED) is 0.574. The molecular formula is C14H11NO. The Morgan fingerprint density at radius 3 is 2.56 bits per heavy atom. The minimum absolute atomic E-state index is 0.0306. The highest BCUT2D eigenvalue weighted by Gasteiger charge is 1.99. The van der Waals surface area contributed by atoms with Crippen molar-refractivity contribution in [3.05, 3.63) is 72.1 Å². The summed E-state index contributed by atoms with van der Waals surface area (Å²) in [5.41, 5.74) is 1.62. The van der Waals surface area contributed by atoms with Gasteiger partial charge >= 0.3 is 0 Å². The molecule has 2 heteroatoms. The van der Waals surface area contributed by atoms with Crippen LogP contribution in [0, 0.1) is 0 Å². The summed E-state index contributed by atoms with van der Waals surface area (Å²) in [6, 6.07) is 13.2. The molecule has 1 heterocycles. The smallest absolute Gasteiger partial charge is 0.187 e. The maximum Gasteiger partial charge on any atom is 0.187 e. The molecule has 0 amide bonds. The molecule has 0 fully saturated rings. The van der Waals surface area contributed by atoms with Crippen molar-refractivity contribution >= 4 is 11.9 Å². The summed E-state index contributed by atoms with van der Waals surface area (Å²) in [5.74, 6) is -0.0306. The van der Waals surface area contributed by atoms with Crippen molar-refractivity contribution in [1.29, 1.82) is 0 Å². The van der Waals surface area contributed by atoms with Crippen LogP contribution >= 0.6 is 0 Å². The molecule has 0 radical (unpaired) electrons. The number of benzene rings is 1. The van der Waals surface area contributed by atoms with Gasteiger partial charge in [-0.25, -0.2) is 0 Å². The Balaban J connectivity index is 2.12. The Morgan fingerprint density at radius 2 is 1.88 bits per heavy atom. The minimum atomic E-state index is -0.0306. The molecule has 2 aromatic rings. The highest BCUT2D eigenvalue weighted by molar-refractivity contribution is 6.06. The maximum absolute atomic E-state index is 11.7. The molecule has 78 valence electrons. The fourth-order valence-electron chi connectivity index (χ4n) is 1.34. The van der Waals surface area contributed by atoms with Gasteiger partial charge in [-0.2, -0.15) is 0 Å². The first kappa shape index (κ1) is 10.3. The van der Waals surface area contributed by atoms with E-state index in [9.17, 15) is 4.79 Å². The molecule has 0 bridgehead atoms. The van der Waals surface area contributed by atoms with Gasteiger partial charge in [0.2, 0.25) is 0 Å². The summed E-state index contributed by atoms with van der Waals surface area (Å²) in [6.45, 7) is 0. The molecule has 0 saturated carbocycles. The van der Waals surface area contributed by atoms with Crippen molar-refractivity contribution in [2.45, 2.75) is 0 Å². The number of carbonyl (C=O) groups excluding carboxylic acids is 1. The molecule has 0 aliphatic rings. The van der Waals surface area contributed by atoms with Crippen molar-refractivity contribution < 1.29 is 4.79 Å². The largest absolute Gasteiger partial charge is 0.289 e. The van der Waals surface area contributed by atoms with Crippen LogP contribution < -0.4 is 0 Å². The second-order valence-electron chi connectivity index (χ2n) is 3.35. The van der Waals surface area contributed by atoms with Crippen LogP contribution in [-0.4, -0.2) is 10.8 Å². The molecule has 2 nitrogen and oxygen atoms in total. The zero-order chi connectivity index (χ0) is 11.2.